The highest BCUT2D eigenvalue weighted by atomic mass is 16.5. The highest BCUT2D eigenvalue weighted by Gasteiger charge is 2.01. The second kappa shape index (κ2) is 5.90. The molecule has 0 saturated heterocycles. The minimum absolute atomic E-state index is 0.0103. The highest BCUT2D eigenvalue weighted by molar-refractivity contribution is 5.75. The maximum absolute atomic E-state index is 10.2. The Morgan fingerprint density at radius 3 is 2.93 bits per heavy atom. The van der Waals surface area contributed by atoms with E-state index in [2.05, 4.69) is 12.2 Å². The van der Waals surface area contributed by atoms with E-state index in [1.165, 1.54) is 6.07 Å². The number of nitrogens with one attached hydrogen (secondary N) is 1. The van der Waals surface area contributed by atoms with E-state index in [0.717, 1.165) is 12.8 Å². The van der Waals surface area contributed by atoms with Crippen molar-refractivity contribution in [3.63, 3.8) is 0 Å². The van der Waals surface area contributed by atoms with Crippen LogP contribution < -0.4 is 10.1 Å². The van der Waals surface area contributed by atoms with E-state index >= 15 is 0 Å². The molecule has 1 amide bonds. The molecule has 0 saturated carbocycles. The van der Waals surface area contributed by atoms with Crippen molar-refractivity contribution in [3.05, 3.63) is 18.2 Å². The van der Waals surface area contributed by atoms with E-state index in [-0.39, 0.29) is 5.75 Å². The maximum Gasteiger partial charge on any atom is 0.211 e. The Morgan fingerprint density at radius 2 is 2.33 bits per heavy atom. The predicted octanol–water partition coefficient (Wildman–Crippen LogP) is 2.14. The van der Waals surface area contributed by atoms with Crippen molar-refractivity contribution in [1.82, 2.24) is 0 Å². The summed E-state index contributed by atoms with van der Waals surface area (Å²) in [7, 11) is 0. The fraction of sp³-hybridized carbons (Fsp3) is 0.364. The normalized spacial score (nSPS) is 9.67. The molecule has 2 N–H and O–H groups in total. The fourth-order valence-corrected chi connectivity index (χ4v) is 1.12. The van der Waals surface area contributed by atoms with Gasteiger partial charge in [0.05, 0.1) is 12.3 Å². The van der Waals surface area contributed by atoms with Crippen LogP contribution in [0.1, 0.15) is 19.8 Å². The molecule has 0 aliphatic carbocycles. The smallest absolute Gasteiger partial charge is 0.211 e. The first-order valence-corrected chi connectivity index (χ1v) is 4.94. The van der Waals surface area contributed by atoms with E-state index in [0.29, 0.717) is 24.5 Å². The molecule has 0 aliphatic heterocycles. The molecule has 0 fully saturated rings. The van der Waals surface area contributed by atoms with Gasteiger partial charge < -0.3 is 15.2 Å². The van der Waals surface area contributed by atoms with Crippen molar-refractivity contribution in [2.75, 3.05) is 11.9 Å². The maximum atomic E-state index is 10.2. The Labute approximate surface area is 88.9 Å². The third kappa shape index (κ3) is 3.50. The van der Waals surface area contributed by atoms with Crippen molar-refractivity contribution in [3.8, 4) is 11.5 Å². The number of unbranched alkanes of at least 4 members (excludes halogenated alkanes) is 1. The number of ether oxygens (including phenoxy) is 1. The first-order valence-electron chi connectivity index (χ1n) is 4.94. The van der Waals surface area contributed by atoms with Crippen LogP contribution in [-0.4, -0.2) is 18.1 Å². The topological polar surface area (TPSA) is 58.6 Å². The number of benzene rings is 1. The van der Waals surface area contributed by atoms with Crippen LogP contribution in [0.4, 0.5) is 5.69 Å². The number of phenolic OH excluding ortho intramolecular Hbond substituents is 1. The second-order valence-electron chi connectivity index (χ2n) is 3.14. The van der Waals surface area contributed by atoms with Gasteiger partial charge in [-0.3, -0.25) is 4.79 Å². The van der Waals surface area contributed by atoms with E-state index in [1.807, 2.05) is 0 Å². The third-order valence-corrected chi connectivity index (χ3v) is 1.95. The number of aromatic hydroxyl groups is 1. The van der Waals surface area contributed by atoms with Crippen LogP contribution in [0.3, 0.4) is 0 Å². The molecular formula is C11H15NO3. The molecule has 0 aromatic heterocycles. The molecule has 1 aromatic carbocycles. The summed E-state index contributed by atoms with van der Waals surface area (Å²) in [4.78, 5) is 10.2. The van der Waals surface area contributed by atoms with E-state index in [9.17, 15) is 9.90 Å². The van der Waals surface area contributed by atoms with Gasteiger partial charge in [0.25, 0.3) is 0 Å². The predicted molar refractivity (Wildman–Crippen MR) is 58.2 cm³/mol. The van der Waals surface area contributed by atoms with Crippen molar-refractivity contribution in [2.45, 2.75) is 19.8 Å². The lowest BCUT2D eigenvalue weighted by Gasteiger charge is -2.07. The average Bonchev–Trinajstić information content (AvgIpc) is 2.23. The van der Waals surface area contributed by atoms with Crippen LogP contribution in [0.15, 0.2) is 18.2 Å². The summed E-state index contributed by atoms with van der Waals surface area (Å²) in [6.45, 7) is 2.72. The first kappa shape index (κ1) is 11.4. The van der Waals surface area contributed by atoms with Gasteiger partial charge in [-0.1, -0.05) is 13.3 Å². The molecule has 0 unspecified atom stereocenters. The van der Waals surface area contributed by atoms with Crippen LogP contribution in [0, 0.1) is 0 Å². The minimum Gasteiger partial charge on any atom is -0.506 e. The third-order valence-electron chi connectivity index (χ3n) is 1.95. The lowest BCUT2D eigenvalue weighted by Crippen LogP contribution is -1.98. The van der Waals surface area contributed by atoms with Gasteiger partial charge in [0.1, 0.15) is 11.5 Å². The van der Waals surface area contributed by atoms with E-state index < -0.39 is 0 Å². The summed E-state index contributed by atoms with van der Waals surface area (Å²) < 4.78 is 5.38. The Hall–Kier alpha value is -1.71. The first-order chi connectivity index (χ1) is 7.27. The van der Waals surface area contributed by atoms with Crippen LogP contribution in [0.2, 0.25) is 0 Å². The molecule has 0 heterocycles. The van der Waals surface area contributed by atoms with Crippen molar-refractivity contribution >= 4 is 12.1 Å². The van der Waals surface area contributed by atoms with Crippen LogP contribution in [-0.2, 0) is 4.79 Å². The molecule has 82 valence electrons. The lowest BCUT2D eigenvalue weighted by atomic mass is 10.2. The zero-order valence-corrected chi connectivity index (χ0v) is 8.69. The van der Waals surface area contributed by atoms with Gasteiger partial charge in [-0.05, 0) is 18.6 Å². The molecule has 4 nitrogen and oxygen atoms in total. The molecule has 15 heavy (non-hydrogen) atoms. The standard InChI is InChI=1S/C11H15NO3/c1-2-3-6-15-9-4-5-10(12-8-13)11(14)7-9/h4-5,7-8,14H,2-3,6H2,1H3,(H,12,13). The second-order valence-corrected chi connectivity index (χ2v) is 3.14. The van der Waals surface area contributed by atoms with Crippen molar-refractivity contribution in [1.29, 1.82) is 0 Å². The molecule has 0 atom stereocenters. The minimum atomic E-state index is 0.0103. The summed E-state index contributed by atoms with van der Waals surface area (Å²) >= 11 is 0. The molecule has 0 bridgehead atoms. The number of amides is 1. The van der Waals surface area contributed by atoms with Gasteiger partial charge in [0, 0.05) is 6.07 Å². The number of carbonyl (C=O) groups excluding carboxylic acids is 1. The monoisotopic (exact) mass is 209 g/mol. The summed E-state index contributed by atoms with van der Waals surface area (Å²) in [5.41, 5.74) is 0.382. The fourth-order valence-electron chi connectivity index (χ4n) is 1.12. The summed E-state index contributed by atoms with van der Waals surface area (Å²) in [5.74, 6) is 0.619. The molecule has 0 aliphatic rings. The molecule has 0 spiro atoms. The quantitative estimate of drug-likeness (QED) is 0.428. The van der Waals surface area contributed by atoms with Crippen molar-refractivity contribution in [2.24, 2.45) is 0 Å². The average molecular weight is 209 g/mol. The molecule has 0 radical (unpaired) electrons. The zero-order valence-electron chi connectivity index (χ0n) is 8.69. The largest absolute Gasteiger partial charge is 0.506 e. The Bertz CT molecular complexity index is 326. The van der Waals surface area contributed by atoms with E-state index in [1.54, 1.807) is 12.1 Å². The SMILES string of the molecule is CCCCOc1ccc(NC=O)c(O)c1. The lowest BCUT2D eigenvalue weighted by molar-refractivity contribution is -0.105. The summed E-state index contributed by atoms with van der Waals surface area (Å²) in [5, 5.41) is 11.9. The molecular weight excluding hydrogens is 194 g/mol. The van der Waals surface area contributed by atoms with Gasteiger partial charge in [0.2, 0.25) is 6.41 Å². The Balaban J connectivity index is 2.60. The molecule has 1 rings (SSSR count). The number of anilines is 1. The van der Waals surface area contributed by atoms with Gasteiger partial charge in [-0.15, -0.1) is 0 Å². The summed E-state index contributed by atoms with van der Waals surface area (Å²) in [6, 6.07) is 4.80. The van der Waals surface area contributed by atoms with Gasteiger partial charge in [0.15, 0.2) is 0 Å². The molecule has 1 aromatic rings. The van der Waals surface area contributed by atoms with E-state index in [4.69, 9.17) is 4.74 Å². The Morgan fingerprint density at radius 1 is 1.53 bits per heavy atom. The number of carbonyl (C=O) groups is 1. The number of rotatable bonds is 6. The number of phenols is 1. The van der Waals surface area contributed by atoms with Crippen LogP contribution in [0.5, 0.6) is 11.5 Å². The number of hydrogen-bond donors (Lipinski definition) is 2. The number of hydrogen-bond acceptors (Lipinski definition) is 3. The van der Waals surface area contributed by atoms with Crippen LogP contribution in [0.25, 0.3) is 0 Å². The highest BCUT2D eigenvalue weighted by Crippen LogP contribution is 2.27. The molecule has 4 heteroatoms. The Kier molecular flexibility index (Phi) is 4.47. The van der Waals surface area contributed by atoms with Gasteiger partial charge >= 0.3 is 0 Å². The van der Waals surface area contributed by atoms with Crippen LogP contribution >= 0.6 is 0 Å². The van der Waals surface area contributed by atoms with Crippen molar-refractivity contribution < 1.29 is 14.6 Å². The van der Waals surface area contributed by atoms with Gasteiger partial charge in [-0.25, -0.2) is 0 Å². The van der Waals surface area contributed by atoms with Gasteiger partial charge in [-0.2, -0.15) is 0 Å². The zero-order chi connectivity index (χ0) is 11.1. The summed E-state index contributed by atoms with van der Waals surface area (Å²) in [6.07, 6.45) is 2.57.